The number of esters is 1. The van der Waals surface area contributed by atoms with Crippen LogP contribution in [0.5, 0.6) is 0 Å². The number of ether oxygens (including phenoxy) is 1. The van der Waals surface area contributed by atoms with E-state index in [0.29, 0.717) is 31.9 Å². The monoisotopic (exact) mass is 396 g/mol. The molecular weight excluding hydrogens is 372 g/mol. The van der Waals surface area contributed by atoms with Gasteiger partial charge in [-0.2, -0.15) is 10.1 Å². The van der Waals surface area contributed by atoms with Crippen molar-refractivity contribution in [1.29, 1.82) is 0 Å². The minimum Gasteiger partial charge on any atom is -0.461 e. The molecule has 3 heterocycles. The Bertz CT molecular complexity index is 887. The van der Waals surface area contributed by atoms with Crippen molar-refractivity contribution < 1.29 is 18.7 Å². The van der Waals surface area contributed by atoms with Crippen LogP contribution in [0, 0.1) is 5.92 Å². The molecule has 0 aliphatic carbocycles. The van der Waals surface area contributed by atoms with Crippen molar-refractivity contribution in [2.75, 3.05) is 24.6 Å². The Balaban J connectivity index is 1.36. The number of hydrazone groups is 1. The van der Waals surface area contributed by atoms with Gasteiger partial charge in [0.2, 0.25) is 5.91 Å². The number of aromatic nitrogens is 1. The van der Waals surface area contributed by atoms with Crippen LogP contribution >= 0.6 is 0 Å². The number of nitrogens with zero attached hydrogens (tertiary/aromatic N) is 4. The highest BCUT2D eigenvalue weighted by molar-refractivity contribution is 5.87. The second-order valence-corrected chi connectivity index (χ2v) is 7.14. The summed E-state index contributed by atoms with van der Waals surface area (Å²) in [6.45, 7) is 3.30. The number of hydrogen-bond acceptors (Lipinski definition) is 7. The number of piperidine rings is 1. The third kappa shape index (κ3) is 4.01. The summed E-state index contributed by atoms with van der Waals surface area (Å²) in [5, 5.41) is 5.99. The molecule has 0 bridgehead atoms. The Morgan fingerprint density at radius 2 is 1.97 bits per heavy atom. The van der Waals surface area contributed by atoms with E-state index in [1.54, 1.807) is 11.9 Å². The molecule has 1 aromatic heterocycles. The van der Waals surface area contributed by atoms with Gasteiger partial charge in [0.15, 0.2) is 5.69 Å². The van der Waals surface area contributed by atoms with Crippen molar-refractivity contribution in [3.8, 4) is 0 Å². The Labute approximate surface area is 169 Å². The molecule has 0 spiro atoms. The van der Waals surface area contributed by atoms with Gasteiger partial charge in [-0.05, 0) is 25.3 Å². The molecule has 0 saturated carbocycles. The van der Waals surface area contributed by atoms with Crippen molar-refractivity contribution in [3.63, 3.8) is 0 Å². The first-order valence-electron chi connectivity index (χ1n) is 9.95. The zero-order chi connectivity index (χ0) is 20.2. The summed E-state index contributed by atoms with van der Waals surface area (Å²) in [7, 11) is 0. The van der Waals surface area contributed by atoms with Gasteiger partial charge in [0.1, 0.15) is 6.26 Å². The van der Waals surface area contributed by atoms with Crippen molar-refractivity contribution in [1.82, 2.24) is 9.99 Å². The molecule has 1 atom stereocenters. The molecule has 1 unspecified atom stereocenters. The third-order valence-corrected chi connectivity index (χ3v) is 5.33. The lowest BCUT2D eigenvalue weighted by molar-refractivity contribution is -0.138. The van der Waals surface area contributed by atoms with E-state index >= 15 is 0 Å². The van der Waals surface area contributed by atoms with Crippen LogP contribution < -0.4 is 4.90 Å². The Kier molecular flexibility index (Phi) is 5.59. The van der Waals surface area contributed by atoms with Crippen LogP contribution in [0.1, 0.15) is 48.3 Å². The molecular formula is C21H24N4O4. The van der Waals surface area contributed by atoms with Gasteiger partial charge in [-0.15, -0.1) is 0 Å². The second-order valence-electron chi connectivity index (χ2n) is 7.14. The van der Waals surface area contributed by atoms with Gasteiger partial charge in [0.05, 0.1) is 12.6 Å². The summed E-state index contributed by atoms with van der Waals surface area (Å²) < 4.78 is 10.4. The maximum Gasteiger partial charge on any atom is 0.360 e. The van der Waals surface area contributed by atoms with E-state index in [0.717, 1.165) is 12.0 Å². The largest absolute Gasteiger partial charge is 0.461 e. The van der Waals surface area contributed by atoms with Crippen molar-refractivity contribution in [2.45, 2.75) is 32.2 Å². The summed E-state index contributed by atoms with van der Waals surface area (Å²) in [4.78, 5) is 31.0. The fourth-order valence-electron chi connectivity index (χ4n) is 3.79. The number of carbonyl (C=O) groups excluding carboxylic acids is 2. The number of anilines is 1. The highest BCUT2D eigenvalue weighted by atomic mass is 16.5. The molecule has 1 fully saturated rings. The summed E-state index contributed by atoms with van der Waals surface area (Å²) >= 11 is 0. The summed E-state index contributed by atoms with van der Waals surface area (Å²) in [5.74, 6) is -0.523. The minimum atomic E-state index is -0.494. The van der Waals surface area contributed by atoms with Gasteiger partial charge in [-0.1, -0.05) is 30.3 Å². The standard InChI is InChI=1S/C21H24N4O4/c1-2-28-20(27)17-14-29-21(23-17)24-12-9-16(10-13-24)19(26)25-18(8-11-22-25)15-6-4-3-5-7-15/h3-7,11,14,16,18H,2,8-10,12-13H2,1H3. The molecule has 1 saturated heterocycles. The quantitative estimate of drug-likeness (QED) is 0.722. The van der Waals surface area contributed by atoms with E-state index < -0.39 is 5.97 Å². The molecule has 0 radical (unpaired) electrons. The van der Waals surface area contributed by atoms with E-state index in [1.807, 2.05) is 41.4 Å². The van der Waals surface area contributed by atoms with Gasteiger partial charge < -0.3 is 14.1 Å². The van der Waals surface area contributed by atoms with Crippen molar-refractivity contribution in [2.24, 2.45) is 11.0 Å². The van der Waals surface area contributed by atoms with E-state index in [4.69, 9.17) is 9.15 Å². The predicted octanol–water partition coefficient (Wildman–Crippen LogP) is 3.03. The summed E-state index contributed by atoms with van der Waals surface area (Å²) in [6, 6.07) is 10.4. The predicted molar refractivity (Wildman–Crippen MR) is 107 cm³/mol. The molecule has 8 heteroatoms. The van der Waals surface area contributed by atoms with E-state index in [9.17, 15) is 9.59 Å². The molecule has 1 aromatic carbocycles. The maximum absolute atomic E-state index is 13.1. The first-order valence-corrected chi connectivity index (χ1v) is 9.95. The van der Waals surface area contributed by atoms with Gasteiger partial charge in [-0.3, -0.25) is 4.79 Å². The topological polar surface area (TPSA) is 88.2 Å². The Morgan fingerprint density at radius 1 is 1.21 bits per heavy atom. The molecule has 2 aromatic rings. The average Bonchev–Trinajstić information content (AvgIpc) is 3.44. The van der Waals surface area contributed by atoms with E-state index in [2.05, 4.69) is 10.1 Å². The summed E-state index contributed by atoms with van der Waals surface area (Å²) in [5.41, 5.74) is 1.26. The number of oxazole rings is 1. The van der Waals surface area contributed by atoms with Crippen LogP contribution in [0.2, 0.25) is 0 Å². The normalized spacial score (nSPS) is 19.6. The number of amides is 1. The first-order chi connectivity index (χ1) is 14.2. The fourth-order valence-corrected chi connectivity index (χ4v) is 3.79. The van der Waals surface area contributed by atoms with Crippen LogP contribution in [-0.4, -0.2) is 47.8 Å². The van der Waals surface area contributed by atoms with E-state index in [1.165, 1.54) is 6.26 Å². The second kappa shape index (κ2) is 8.46. The number of rotatable bonds is 5. The minimum absolute atomic E-state index is 0.0272. The Morgan fingerprint density at radius 3 is 2.69 bits per heavy atom. The molecule has 152 valence electrons. The smallest absolute Gasteiger partial charge is 0.360 e. The first kappa shape index (κ1) is 19.2. The van der Waals surface area contributed by atoms with Gasteiger partial charge in [0.25, 0.3) is 6.01 Å². The lowest BCUT2D eigenvalue weighted by Crippen LogP contribution is -2.41. The van der Waals surface area contributed by atoms with Crippen LogP contribution in [0.15, 0.2) is 46.1 Å². The van der Waals surface area contributed by atoms with E-state index in [-0.39, 0.29) is 30.2 Å². The zero-order valence-corrected chi connectivity index (χ0v) is 16.4. The van der Waals surface area contributed by atoms with Crippen LogP contribution in [0.25, 0.3) is 0 Å². The molecule has 0 N–H and O–H groups in total. The van der Waals surface area contributed by atoms with Crippen LogP contribution in [-0.2, 0) is 9.53 Å². The SMILES string of the molecule is CCOC(=O)c1coc(N2CCC(C(=O)N3N=CCC3c3ccccc3)CC2)n1. The average molecular weight is 396 g/mol. The van der Waals surface area contributed by atoms with Crippen LogP contribution in [0.3, 0.4) is 0 Å². The fraction of sp³-hybridized carbons (Fsp3) is 0.429. The molecule has 2 aliphatic rings. The molecule has 2 aliphatic heterocycles. The van der Waals surface area contributed by atoms with Crippen LogP contribution in [0.4, 0.5) is 6.01 Å². The highest BCUT2D eigenvalue weighted by Gasteiger charge is 2.35. The van der Waals surface area contributed by atoms with Crippen molar-refractivity contribution in [3.05, 3.63) is 47.9 Å². The number of carbonyl (C=O) groups is 2. The molecule has 1 amide bonds. The zero-order valence-electron chi connectivity index (χ0n) is 16.4. The lowest BCUT2D eigenvalue weighted by Gasteiger charge is -2.33. The van der Waals surface area contributed by atoms with Crippen molar-refractivity contribution >= 4 is 24.1 Å². The van der Waals surface area contributed by atoms with Gasteiger partial charge in [-0.25, -0.2) is 9.80 Å². The van der Waals surface area contributed by atoms with Gasteiger partial charge >= 0.3 is 5.97 Å². The van der Waals surface area contributed by atoms with Gasteiger partial charge in [0, 0.05) is 31.6 Å². The molecule has 8 nitrogen and oxygen atoms in total. The third-order valence-electron chi connectivity index (χ3n) is 5.33. The number of hydrogen-bond donors (Lipinski definition) is 0. The maximum atomic E-state index is 13.1. The number of benzene rings is 1. The summed E-state index contributed by atoms with van der Waals surface area (Å²) in [6.07, 6.45) is 5.23. The highest BCUT2D eigenvalue weighted by Crippen LogP contribution is 2.32. The molecule has 29 heavy (non-hydrogen) atoms. The Hall–Kier alpha value is -3.16. The lowest BCUT2D eigenvalue weighted by atomic mass is 9.94. The molecule has 4 rings (SSSR count).